The molecule has 0 aliphatic carbocycles. The fourth-order valence-corrected chi connectivity index (χ4v) is 2.15. The highest BCUT2D eigenvalue weighted by atomic mass is 32.2. The third-order valence-corrected chi connectivity index (χ3v) is 3.47. The van der Waals surface area contributed by atoms with Gasteiger partial charge in [-0.2, -0.15) is 0 Å². The molecule has 0 spiro atoms. The fourth-order valence-electron chi connectivity index (χ4n) is 1.44. The minimum absolute atomic E-state index is 0.311. The predicted molar refractivity (Wildman–Crippen MR) is 72.6 cm³/mol. The second-order valence-electron chi connectivity index (χ2n) is 4.08. The molecule has 0 aromatic carbocycles. The molecule has 0 amide bonds. The van der Waals surface area contributed by atoms with E-state index in [0.29, 0.717) is 6.04 Å². The summed E-state index contributed by atoms with van der Waals surface area (Å²) in [6.45, 7) is 4.09. The summed E-state index contributed by atoms with van der Waals surface area (Å²) < 4.78 is 0. The molecule has 5 heteroatoms. The Morgan fingerprint density at radius 1 is 1.22 bits per heavy atom. The van der Waals surface area contributed by atoms with Crippen LogP contribution in [0.2, 0.25) is 0 Å². The number of hydrogen-bond donors (Lipinski definition) is 1. The van der Waals surface area contributed by atoms with Crippen molar-refractivity contribution in [2.45, 2.75) is 30.1 Å². The van der Waals surface area contributed by atoms with E-state index in [-0.39, 0.29) is 0 Å². The zero-order valence-corrected chi connectivity index (χ0v) is 11.5. The predicted octanol–water partition coefficient (Wildman–Crippen LogP) is 2.61. The van der Waals surface area contributed by atoms with Crippen molar-refractivity contribution in [2.24, 2.45) is 0 Å². The van der Waals surface area contributed by atoms with Crippen molar-refractivity contribution in [1.82, 2.24) is 20.3 Å². The summed E-state index contributed by atoms with van der Waals surface area (Å²) in [5.41, 5.74) is 2.27. The van der Waals surface area contributed by atoms with Crippen LogP contribution in [0.4, 0.5) is 0 Å². The number of aromatic nitrogens is 3. The van der Waals surface area contributed by atoms with E-state index in [1.807, 2.05) is 38.6 Å². The summed E-state index contributed by atoms with van der Waals surface area (Å²) in [5.74, 6) is 0. The Kier molecular flexibility index (Phi) is 4.28. The lowest BCUT2D eigenvalue weighted by atomic mass is 10.1. The van der Waals surface area contributed by atoms with Crippen LogP contribution >= 0.6 is 11.8 Å². The van der Waals surface area contributed by atoms with Crippen molar-refractivity contribution >= 4 is 11.8 Å². The quantitative estimate of drug-likeness (QED) is 0.856. The Morgan fingerprint density at radius 3 is 2.61 bits per heavy atom. The highest BCUT2D eigenvalue weighted by Crippen LogP contribution is 2.24. The second kappa shape index (κ2) is 5.93. The van der Waals surface area contributed by atoms with E-state index in [4.69, 9.17) is 0 Å². The molecule has 2 aromatic heterocycles. The molecule has 2 heterocycles. The van der Waals surface area contributed by atoms with Crippen LogP contribution in [-0.2, 0) is 0 Å². The molecule has 4 nitrogen and oxygen atoms in total. The van der Waals surface area contributed by atoms with E-state index < -0.39 is 0 Å². The Morgan fingerprint density at radius 2 is 1.94 bits per heavy atom. The molecule has 0 aliphatic heterocycles. The summed E-state index contributed by atoms with van der Waals surface area (Å²) in [7, 11) is 1.95. The minimum Gasteiger partial charge on any atom is -0.313 e. The zero-order valence-electron chi connectivity index (χ0n) is 10.7. The third-order valence-electron chi connectivity index (χ3n) is 2.65. The smallest absolute Gasteiger partial charge is 0.193 e. The highest BCUT2D eigenvalue weighted by molar-refractivity contribution is 7.99. The normalized spacial score (nSPS) is 12.4. The Balaban J connectivity index is 2.16. The van der Waals surface area contributed by atoms with E-state index in [9.17, 15) is 0 Å². The lowest BCUT2D eigenvalue weighted by Gasteiger charge is -2.10. The summed E-state index contributed by atoms with van der Waals surface area (Å²) >= 11 is 1.48. The van der Waals surface area contributed by atoms with Gasteiger partial charge in [0.1, 0.15) is 5.03 Å². The van der Waals surface area contributed by atoms with Gasteiger partial charge in [-0.05, 0) is 55.9 Å². The second-order valence-corrected chi connectivity index (χ2v) is 5.07. The van der Waals surface area contributed by atoms with Gasteiger partial charge in [-0.25, -0.2) is 15.0 Å². The van der Waals surface area contributed by atoms with Crippen molar-refractivity contribution < 1.29 is 0 Å². The molecular formula is C13H16N4S. The van der Waals surface area contributed by atoms with Gasteiger partial charge in [0.2, 0.25) is 0 Å². The first-order chi connectivity index (χ1) is 8.69. The Labute approximate surface area is 111 Å². The van der Waals surface area contributed by atoms with Crippen molar-refractivity contribution in [3.05, 3.63) is 41.9 Å². The molecule has 0 aliphatic rings. The largest absolute Gasteiger partial charge is 0.313 e. The Bertz CT molecular complexity index is 513. The Hall–Kier alpha value is -1.46. The molecule has 0 bridgehead atoms. The molecule has 0 saturated heterocycles. The molecule has 0 radical (unpaired) electrons. The zero-order chi connectivity index (χ0) is 13.0. The van der Waals surface area contributed by atoms with Crippen LogP contribution in [0.1, 0.15) is 24.1 Å². The van der Waals surface area contributed by atoms with Crippen molar-refractivity contribution in [3.63, 3.8) is 0 Å². The number of pyridine rings is 1. The van der Waals surface area contributed by atoms with Crippen LogP contribution in [0, 0.1) is 6.92 Å². The average molecular weight is 260 g/mol. The standard InChI is InChI=1S/C13H16N4S/c1-9-7-16-13(17-8-9)18-12-6-11(4-5-15-12)10(2)14-3/h4-8,10,14H,1-3H3. The molecular weight excluding hydrogens is 244 g/mol. The van der Waals surface area contributed by atoms with Gasteiger partial charge in [-0.3, -0.25) is 0 Å². The van der Waals surface area contributed by atoms with Crippen molar-refractivity contribution in [2.75, 3.05) is 7.05 Å². The van der Waals surface area contributed by atoms with Crippen LogP contribution < -0.4 is 5.32 Å². The molecule has 94 valence electrons. The van der Waals surface area contributed by atoms with Gasteiger partial charge in [0, 0.05) is 24.6 Å². The van der Waals surface area contributed by atoms with Crippen molar-refractivity contribution in [3.8, 4) is 0 Å². The molecule has 2 rings (SSSR count). The van der Waals surface area contributed by atoms with Gasteiger partial charge in [-0.1, -0.05) is 0 Å². The van der Waals surface area contributed by atoms with E-state index >= 15 is 0 Å². The minimum atomic E-state index is 0.311. The van der Waals surface area contributed by atoms with Crippen molar-refractivity contribution in [1.29, 1.82) is 0 Å². The molecule has 1 unspecified atom stereocenters. The molecule has 0 fully saturated rings. The molecule has 1 atom stereocenters. The van der Waals surface area contributed by atoms with E-state index in [0.717, 1.165) is 15.7 Å². The monoisotopic (exact) mass is 260 g/mol. The lowest BCUT2D eigenvalue weighted by Crippen LogP contribution is -2.12. The number of nitrogens with zero attached hydrogens (tertiary/aromatic N) is 3. The molecule has 0 saturated carbocycles. The van der Waals surface area contributed by atoms with Gasteiger partial charge in [0.15, 0.2) is 5.16 Å². The third kappa shape index (κ3) is 3.27. The van der Waals surface area contributed by atoms with Gasteiger partial charge < -0.3 is 5.32 Å². The summed E-state index contributed by atoms with van der Waals surface area (Å²) in [4.78, 5) is 12.9. The molecule has 18 heavy (non-hydrogen) atoms. The van der Waals surface area contributed by atoms with Gasteiger partial charge in [-0.15, -0.1) is 0 Å². The van der Waals surface area contributed by atoms with Crippen LogP contribution in [0.25, 0.3) is 0 Å². The van der Waals surface area contributed by atoms with Gasteiger partial charge in [0.05, 0.1) is 0 Å². The number of nitrogens with one attached hydrogen (secondary N) is 1. The van der Waals surface area contributed by atoms with E-state index in [1.54, 1.807) is 0 Å². The fraction of sp³-hybridized carbons (Fsp3) is 0.308. The topological polar surface area (TPSA) is 50.7 Å². The van der Waals surface area contributed by atoms with Crippen LogP contribution in [0.3, 0.4) is 0 Å². The number of aryl methyl sites for hydroxylation is 1. The van der Waals surface area contributed by atoms with Gasteiger partial charge in [0.25, 0.3) is 0 Å². The van der Waals surface area contributed by atoms with Gasteiger partial charge >= 0.3 is 0 Å². The van der Waals surface area contributed by atoms with Crippen LogP contribution in [-0.4, -0.2) is 22.0 Å². The lowest BCUT2D eigenvalue weighted by molar-refractivity contribution is 0.649. The summed E-state index contributed by atoms with van der Waals surface area (Å²) in [6, 6.07) is 4.39. The SMILES string of the molecule is CNC(C)c1ccnc(Sc2ncc(C)cn2)c1. The summed E-state index contributed by atoms with van der Waals surface area (Å²) in [5, 5.41) is 4.85. The van der Waals surface area contributed by atoms with E-state index in [1.165, 1.54) is 17.3 Å². The maximum Gasteiger partial charge on any atom is 0.193 e. The first-order valence-corrected chi connectivity index (χ1v) is 6.60. The first-order valence-electron chi connectivity index (χ1n) is 5.79. The van der Waals surface area contributed by atoms with E-state index in [2.05, 4.69) is 33.3 Å². The maximum atomic E-state index is 4.33. The summed E-state index contributed by atoms with van der Waals surface area (Å²) in [6.07, 6.45) is 5.45. The van der Waals surface area contributed by atoms with Crippen LogP contribution in [0.15, 0.2) is 40.9 Å². The maximum absolute atomic E-state index is 4.33. The average Bonchev–Trinajstić information content (AvgIpc) is 2.41. The highest BCUT2D eigenvalue weighted by Gasteiger charge is 2.06. The number of rotatable bonds is 4. The molecule has 1 N–H and O–H groups in total. The van der Waals surface area contributed by atoms with Crippen LogP contribution in [0.5, 0.6) is 0 Å². The number of hydrogen-bond acceptors (Lipinski definition) is 5. The first kappa shape index (κ1) is 13.0. The molecule has 2 aromatic rings.